The van der Waals surface area contributed by atoms with Crippen molar-refractivity contribution in [3.63, 3.8) is 0 Å². The number of nitrogens with one attached hydrogen (secondary N) is 1. The summed E-state index contributed by atoms with van der Waals surface area (Å²) in [6.45, 7) is 0.221. The molecule has 0 aliphatic rings. The summed E-state index contributed by atoms with van der Waals surface area (Å²) < 4.78 is 0.394. The van der Waals surface area contributed by atoms with Gasteiger partial charge in [0, 0.05) is 23.7 Å². The molecule has 0 fully saturated rings. The van der Waals surface area contributed by atoms with Gasteiger partial charge in [-0.1, -0.05) is 27.5 Å². The molecule has 0 aliphatic heterocycles. The first-order valence-electron chi connectivity index (χ1n) is 5.00. The number of aliphatic hydroxyl groups excluding tert-OH is 1. The predicted octanol–water partition coefficient (Wildman–Crippen LogP) is 2.12. The normalized spacial score (nSPS) is 10.2. The molecule has 0 aromatic heterocycles. The lowest BCUT2D eigenvalue weighted by molar-refractivity contribution is -0.384. The van der Waals surface area contributed by atoms with Gasteiger partial charge in [0.25, 0.3) is 11.6 Å². The summed E-state index contributed by atoms with van der Waals surface area (Å²) in [5.41, 5.74) is -0.311. The Balaban J connectivity index is 3.01. The van der Waals surface area contributed by atoms with Gasteiger partial charge in [0.2, 0.25) is 0 Å². The van der Waals surface area contributed by atoms with E-state index in [1.807, 2.05) is 0 Å². The molecule has 1 amide bonds. The number of benzene rings is 1. The number of amides is 1. The number of nitro groups is 1. The van der Waals surface area contributed by atoms with Gasteiger partial charge in [-0.15, -0.1) is 0 Å². The SMILES string of the molecule is O=C(NCCCO)c1cc(Br)cc([N+](=O)[O-])c1Cl. The van der Waals surface area contributed by atoms with E-state index in [9.17, 15) is 14.9 Å². The van der Waals surface area contributed by atoms with Crippen molar-refractivity contribution in [1.29, 1.82) is 0 Å². The Bertz CT molecular complexity index is 481. The predicted molar refractivity (Wildman–Crippen MR) is 69.8 cm³/mol. The summed E-state index contributed by atoms with van der Waals surface area (Å²) in [7, 11) is 0. The second-order valence-corrected chi connectivity index (χ2v) is 4.67. The molecule has 1 rings (SSSR count). The van der Waals surface area contributed by atoms with Crippen LogP contribution in [-0.4, -0.2) is 29.1 Å². The lowest BCUT2D eigenvalue weighted by Crippen LogP contribution is -2.25. The van der Waals surface area contributed by atoms with Crippen LogP contribution in [0.3, 0.4) is 0 Å². The average Bonchev–Trinajstić information content (AvgIpc) is 2.31. The molecule has 0 spiro atoms. The highest BCUT2D eigenvalue weighted by molar-refractivity contribution is 9.10. The van der Waals surface area contributed by atoms with Gasteiger partial charge in [-0.3, -0.25) is 14.9 Å². The first-order chi connectivity index (χ1) is 8.47. The highest BCUT2D eigenvalue weighted by Gasteiger charge is 2.21. The Morgan fingerprint density at radius 2 is 2.22 bits per heavy atom. The fourth-order valence-electron chi connectivity index (χ4n) is 1.25. The van der Waals surface area contributed by atoms with Gasteiger partial charge in [-0.2, -0.15) is 0 Å². The molecule has 0 saturated carbocycles. The van der Waals surface area contributed by atoms with E-state index in [2.05, 4.69) is 21.2 Å². The maximum Gasteiger partial charge on any atom is 0.289 e. The standard InChI is InChI=1S/C10H10BrClN2O4/c11-6-4-7(10(16)13-2-1-3-15)9(12)8(5-6)14(17)18/h4-5,15H,1-3H2,(H,13,16). The van der Waals surface area contributed by atoms with E-state index in [0.717, 1.165) is 0 Å². The number of nitro benzene ring substituents is 1. The van der Waals surface area contributed by atoms with Crippen LogP contribution in [0.15, 0.2) is 16.6 Å². The molecule has 0 heterocycles. The van der Waals surface area contributed by atoms with Crippen molar-refractivity contribution in [3.8, 4) is 0 Å². The minimum atomic E-state index is -0.655. The van der Waals surface area contributed by atoms with Crippen LogP contribution in [0, 0.1) is 10.1 Å². The maximum absolute atomic E-state index is 11.7. The van der Waals surface area contributed by atoms with Gasteiger partial charge < -0.3 is 10.4 Å². The van der Waals surface area contributed by atoms with Gasteiger partial charge in [0.1, 0.15) is 5.02 Å². The molecule has 0 unspecified atom stereocenters. The molecule has 6 nitrogen and oxygen atoms in total. The van der Waals surface area contributed by atoms with Crippen LogP contribution in [0.5, 0.6) is 0 Å². The number of hydrogen-bond acceptors (Lipinski definition) is 4. The molecule has 0 atom stereocenters. The molecule has 98 valence electrons. The van der Waals surface area contributed by atoms with Gasteiger partial charge in [-0.05, 0) is 12.5 Å². The van der Waals surface area contributed by atoms with Gasteiger partial charge >= 0.3 is 0 Å². The summed E-state index contributed by atoms with van der Waals surface area (Å²) in [5.74, 6) is -0.516. The fraction of sp³-hybridized carbons (Fsp3) is 0.300. The summed E-state index contributed by atoms with van der Waals surface area (Å²) in [4.78, 5) is 21.8. The molecular formula is C10H10BrClN2O4. The molecule has 1 aromatic rings. The topological polar surface area (TPSA) is 92.5 Å². The van der Waals surface area contributed by atoms with Crippen LogP contribution in [0.4, 0.5) is 5.69 Å². The van der Waals surface area contributed by atoms with Crippen molar-refractivity contribution < 1.29 is 14.8 Å². The summed E-state index contributed by atoms with van der Waals surface area (Å²) in [6.07, 6.45) is 0.402. The first-order valence-corrected chi connectivity index (χ1v) is 6.17. The molecule has 1 aromatic carbocycles. The van der Waals surface area contributed by atoms with Gasteiger partial charge in [-0.25, -0.2) is 0 Å². The molecular weight excluding hydrogens is 327 g/mol. The molecule has 8 heteroatoms. The van der Waals surface area contributed by atoms with Gasteiger partial charge in [0.05, 0.1) is 10.5 Å². The van der Waals surface area contributed by atoms with E-state index >= 15 is 0 Å². The maximum atomic E-state index is 11.7. The van der Waals surface area contributed by atoms with E-state index in [-0.39, 0.29) is 29.4 Å². The van der Waals surface area contributed by atoms with E-state index in [0.29, 0.717) is 10.9 Å². The zero-order valence-electron chi connectivity index (χ0n) is 9.15. The monoisotopic (exact) mass is 336 g/mol. The van der Waals surface area contributed by atoms with Gasteiger partial charge in [0.15, 0.2) is 0 Å². The molecule has 0 aliphatic carbocycles. The van der Waals surface area contributed by atoms with Crippen LogP contribution in [0.25, 0.3) is 0 Å². The van der Waals surface area contributed by atoms with Crippen LogP contribution in [0.2, 0.25) is 5.02 Å². The first kappa shape index (κ1) is 14.9. The molecule has 0 saturated heterocycles. The Labute approximate surface area is 116 Å². The minimum absolute atomic E-state index is 0.0238. The molecule has 0 bridgehead atoms. The van der Waals surface area contributed by atoms with Crippen molar-refractivity contribution in [2.75, 3.05) is 13.2 Å². The highest BCUT2D eigenvalue weighted by Crippen LogP contribution is 2.31. The Morgan fingerprint density at radius 1 is 1.56 bits per heavy atom. The summed E-state index contributed by atoms with van der Waals surface area (Å²) in [6, 6.07) is 2.64. The Morgan fingerprint density at radius 3 is 2.78 bits per heavy atom. The third kappa shape index (κ3) is 3.66. The third-order valence-electron chi connectivity index (χ3n) is 2.08. The van der Waals surface area contributed by atoms with Crippen molar-refractivity contribution in [1.82, 2.24) is 5.32 Å². The van der Waals surface area contributed by atoms with Crippen molar-refractivity contribution in [2.45, 2.75) is 6.42 Å². The number of aliphatic hydroxyl groups is 1. The molecule has 2 N–H and O–H groups in total. The molecule has 0 radical (unpaired) electrons. The highest BCUT2D eigenvalue weighted by atomic mass is 79.9. The second kappa shape index (κ2) is 6.67. The second-order valence-electron chi connectivity index (χ2n) is 3.38. The smallest absolute Gasteiger partial charge is 0.289 e. The largest absolute Gasteiger partial charge is 0.396 e. The number of carbonyl (C=O) groups excluding carboxylic acids is 1. The lowest BCUT2D eigenvalue weighted by Gasteiger charge is -2.07. The number of nitrogens with zero attached hydrogens (tertiary/aromatic N) is 1. The zero-order valence-corrected chi connectivity index (χ0v) is 11.5. The van der Waals surface area contributed by atoms with Crippen LogP contribution >= 0.6 is 27.5 Å². The van der Waals surface area contributed by atoms with Crippen molar-refractivity contribution in [3.05, 3.63) is 37.3 Å². The number of halogens is 2. The number of hydrogen-bond donors (Lipinski definition) is 2. The quantitative estimate of drug-likeness (QED) is 0.489. The third-order valence-corrected chi connectivity index (χ3v) is 2.94. The van der Waals surface area contributed by atoms with Crippen LogP contribution in [-0.2, 0) is 0 Å². The minimum Gasteiger partial charge on any atom is -0.396 e. The van der Waals surface area contributed by atoms with E-state index < -0.39 is 10.8 Å². The van der Waals surface area contributed by atoms with E-state index in [4.69, 9.17) is 16.7 Å². The summed E-state index contributed by atoms with van der Waals surface area (Å²) in [5, 5.41) is 21.6. The average molecular weight is 338 g/mol. The zero-order chi connectivity index (χ0) is 13.7. The summed E-state index contributed by atoms with van der Waals surface area (Å²) >= 11 is 8.89. The number of rotatable bonds is 5. The van der Waals surface area contributed by atoms with Crippen molar-refractivity contribution in [2.24, 2.45) is 0 Å². The van der Waals surface area contributed by atoms with E-state index in [1.165, 1.54) is 12.1 Å². The van der Waals surface area contributed by atoms with E-state index in [1.54, 1.807) is 0 Å². The fourth-order valence-corrected chi connectivity index (χ4v) is 1.96. The molecule has 18 heavy (non-hydrogen) atoms. The van der Waals surface area contributed by atoms with Crippen LogP contribution in [0.1, 0.15) is 16.8 Å². The Hall–Kier alpha value is -1.18. The lowest BCUT2D eigenvalue weighted by atomic mass is 10.2. The van der Waals surface area contributed by atoms with Crippen molar-refractivity contribution >= 4 is 39.1 Å². The number of carbonyl (C=O) groups is 1. The Kier molecular flexibility index (Phi) is 5.52. The van der Waals surface area contributed by atoms with Crippen LogP contribution < -0.4 is 5.32 Å².